The molecule has 1 unspecified atom stereocenters. The maximum atomic E-state index is 6.44. The number of nitrogens with two attached hydrogens (primary N) is 1. The highest BCUT2D eigenvalue weighted by Gasteiger charge is 2.20. The van der Waals surface area contributed by atoms with Gasteiger partial charge in [0.05, 0.1) is 29.0 Å². The highest BCUT2D eigenvalue weighted by Crippen LogP contribution is 2.32. The molecule has 1 aromatic carbocycles. The van der Waals surface area contributed by atoms with Gasteiger partial charge in [0.15, 0.2) is 0 Å². The van der Waals surface area contributed by atoms with Crippen LogP contribution in [0.1, 0.15) is 17.3 Å². The van der Waals surface area contributed by atoms with Crippen molar-refractivity contribution in [3.05, 3.63) is 49.6 Å². The van der Waals surface area contributed by atoms with Crippen LogP contribution in [0.2, 0.25) is 5.02 Å². The third-order valence-electron chi connectivity index (χ3n) is 3.18. The molecule has 2 N–H and O–H groups in total. The van der Waals surface area contributed by atoms with Crippen LogP contribution in [-0.4, -0.2) is 35.3 Å². The predicted molar refractivity (Wildman–Crippen MR) is 93.7 cm³/mol. The Bertz CT molecular complexity index is 627. The summed E-state index contributed by atoms with van der Waals surface area (Å²) in [5.41, 5.74) is 8.38. The number of halogens is 3. The van der Waals surface area contributed by atoms with Crippen molar-refractivity contribution >= 4 is 43.5 Å². The molecule has 0 spiro atoms. The molecule has 4 nitrogen and oxygen atoms in total. The van der Waals surface area contributed by atoms with Gasteiger partial charge < -0.3 is 10.6 Å². The Balaban J connectivity index is 2.34. The second-order valence-corrected chi connectivity index (χ2v) is 7.19. The lowest BCUT2D eigenvalue weighted by Crippen LogP contribution is -2.23. The van der Waals surface area contributed by atoms with Gasteiger partial charge in [0.2, 0.25) is 0 Å². The molecular weight excluding hydrogens is 419 g/mol. The Hall–Kier alpha value is -0.400. The average molecular weight is 437 g/mol. The van der Waals surface area contributed by atoms with Gasteiger partial charge in [-0.1, -0.05) is 33.6 Å². The number of hydrogen-bond donors (Lipinski definition) is 1. The predicted octanol–water partition coefficient (Wildman–Crippen LogP) is 3.67. The fraction of sp³-hybridized carbons (Fsp3) is 0.357. The van der Waals surface area contributed by atoms with Crippen molar-refractivity contribution in [3.63, 3.8) is 0 Å². The van der Waals surface area contributed by atoms with Crippen molar-refractivity contribution in [1.82, 2.24) is 14.7 Å². The van der Waals surface area contributed by atoms with Gasteiger partial charge in [-0.05, 0) is 47.7 Å². The Morgan fingerprint density at radius 1 is 1.33 bits per heavy atom. The molecule has 0 fully saturated rings. The third-order valence-corrected chi connectivity index (χ3v) is 4.72. The van der Waals surface area contributed by atoms with Crippen molar-refractivity contribution < 1.29 is 0 Å². The summed E-state index contributed by atoms with van der Waals surface area (Å²) in [6.07, 6.45) is 1.79. The minimum atomic E-state index is -0.282. The number of benzene rings is 1. The van der Waals surface area contributed by atoms with Gasteiger partial charge in [-0.2, -0.15) is 5.10 Å². The fourth-order valence-electron chi connectivity index (χ4n) is 2.06. The molecule has 0 saturated carbocycles. The second-order valence-electron chi connectivity index (χ2n) is 5.05. The highest BCUT2D eigenvalue weighted by molar-refractivity contribution is 9.10. The molecular formula is C14H17Br2ClN4. The second kappa shape index (κ2) is 7.24. The molecule has 0 amide bonds. The lowest BCUT2D eigenvalue weighted by atomic mass is 10.0. The van der Waals surface area contributed by atoms with E-state index in [4.69, 9.17) is 17.3 Å². The lowest BCUT2D eigenvalue weighted by Gasteiger charge is -2.18. The van der Waals surface area contributed by atoms with Crippen LogP contribution in [0.15, 0.2) is 33.3 Å². The van der Waals surface area contributed by atoms with Crippen LogP contribution < -0.4 is 5.73 Å². The van der Waals surface area contributed by atoms with Gasteiger partial charge in [-0.3, -0.25) is 4.68 Å². The molecule has 1 atom stereocenters. The van der Waals surface area contributed by atoms with Crippen LogP contribution >= 0.6 is 43.5 Å². The van der Waals surface area contributed by atoms with Gasteiger partial charge in [0.25, 0.3) is 0 Å². The molecule has 0 aliphatic heterocycles. The molecule has 0 radical (unpaired) electrons. The first-order chi connectivity index (χ1) is 9.90. The van der Waals surface area contributed by atoms with E-state index in [2.05, 4.69) is 41.9 Å². The van der Waals surface area contributed by atoms with Crippen molar-refractivity contribution in [3.8, 4) is 0 Å². The molecule has 7 heteroatoms. The summed E-state index contributed by atoms with van der Waals surface area (Å²) >= 11 is 13.1. The largest absolute Gasteiger partial charge is 0.319 e. The van der Waals surface area contributed by atoms with E-state index in [1.165, 1.54) is 0 Å². The summed E-state index contributed by atoms with van der Waals surface area (Å²) in [5, 5.41) is 5.08. The van der Waals surface area contributed by atoms with Crippen LogP contribution in [0.25, 0.3) is 0 Å². The summed E-state index contributed by atoms with van der Waals surface area (Å²) in [7, 11) is 4.07. The molecule has 2 aromatic rings. The van der Waals surface area contributed by atoms with Gasteiger partial charge >= 0.3 is 0 Å². The molecule has 0 aliphatic rings. The molecule has 21 heavy (non-hydrogen) atoms. The van der Waals surface area contributed by atoms with E-state index < -0.39 is 0 Å². The first-order valence-electron chi connectivity index (χ1n) is 6.46. The van der Waals surface area contributed by atoms with E-state index in [0.29, 0.717) is 5.02 Å². The van der Waals surface area contributed by atoms with Gasteiger partial charge in [-0.25, -0.2) is 0 Å². The number of aromatic nitrogens is 2. The van der Waals surface area contributed by atoms with Gasteiger partial charge in [-0.15, -0.1) is 0 Å². The zero-order valence-corrected chi connectivity index (χ0v) is 15.8. The topological polar surface area (TPSA) is 47.1 Å². The van der Waals surface area contributed by atoms with E-state index in [9.17, 15) is 0 Å². The average Bonchev–Trinajstić information content (AvgIpc) is 2.77. The molecule has 0 saturated heterocycles. The van der Waals surface area contributed by atoms with Crippen molar-refractivity contribution in [2.45, 2.75) is 12.6 Å². The van der Waals surface area contributed by atoms with E-state index in [1.54, 1.807) is 6.20 Å². The Labute approximate surface area is 146 Å². The van der Waals surface area contributed by atoms with Gasteiger partial charge in [0.1, 0.15) is 0 Å². The Morgan fingerprint density at radius 3 is 2.67 bits per heavy atom. The number of likely N-dealkylation sites (N-methyl/N-ethyl adjacent to an activating group) is 1. The molecule has 2 rings (SSSR count). The van der Waals surface area contributed by atoms with E-state index in [-0.39, 0.29) is 6.04 Å². The minimum absolute atomic E-state index is 0.282. The standard InChI is InChI=1S/C14H17Br2ClN4/c1-20(2)5-6-21-14(12(16)8-19-21)13(18)10-4-3-9(17)7-11(10)15/h3-4,7-8,13H,5-6,18H2,1-2H3. The molecule has 0 bridgehead atoms. The molecule has 1 aromatic heterocycles. The Kier molecular flexibility index (Phi) is 5.85. The SMILES string of the molecule is CN(C)CCn1ncc(Br)c1C(N)c1ccc(Cl)cc1Br. The smallest absolute Gasteiger partial charge is 0.0745 e. The van der Waals surface area contributed by atoms with Crippen molar-refractivity contribution in [2.75, 3.05) is 20.6 Å². The zero-order valence-electron chi connectivity index (χ0n) is 11.9. The number of nitrogens with zero attached hydrogens (tertiary/aromatic N) is 3. The summed E-state index contributed by atoms with van der Waals surface area (Å²) in [4.78, 5) is 2.11. The van der Waals surface area contributed by atoms with E-state index in [1.807, 2.05) is 37.0 Å². The van der Waals surface area contributed by atoms with E-state index >= 15 is 0 Å². The molecule has 114 valence electrons. The van der Waals surface area contributed by atoms with Crippen LogP contribution in [0.4, 0.5) is 0 Å². The van der Waals surface area contributed by atoms with Crippen molar-refractivity contribution in [1.29, 1.82) is 0 Å². The Morgan fingerprint density at radius 2 is 2.05 bits per heavy atom. The summed E-state index contributed by atoms with van der Waals surface area (Å²) in [6, 6.07) is 5.35. The van der Waals surface area contributed by atoms with E-state index in [0.717, 1.165) is 33.3 Å². The number of rotatable bonds is 5. The molecule has 1 heterocycles. The minimum Gasteiger partial charge on any atom is -0.319 e. The van der Waals surface area contributed by atoms with Crippen LogP contribution in [0.3, 0.4) is 0 Å². The van der Waals surface area contributed by atoms with Crippen molar-refractivity contribution in [2.24, 2.45) is 5.73 Å². The lowest BCUT2D eigenvalue weighted by molar-refractivity contribution is 0.368. The maximum Gasteiger partial charge on any atom is 0.0745 e. The van der Waals surface area contributed by atoms with Crippen LogP contribution in [0, 0.1) is 0 Å². The summed E-state index contributed by atoms with van der Waals surface area (Å²) in [6.45, 7) is 1.68. The third kappa shape index (κ3) is 4.07. The monoisotopic (exact) mass is 434 g/mol. The number of hydrogen-bond acceptors (Lipinski definition) is 3. The van der Waals surface area contributed by atoms with Crippen LogP contribution in [0.5, 0.6) is 0 Å². The fourth-order valence-corrected chi connectivity index (χ4v) is 3.53. The van der Waals surface area contributed by atoms with Crippen LogP contribution in [-0.2, 0) is 6.54 Å². The first-order valence-corrected chi connectivity index (χ1v) is 8.43. The first kappa shape index (κ1) is 17.0. The summed E-state index contributed by atoms with van der Waals surface area (Å²) in [5.74, 6) is 0. The van der Waals surface area contributed by atoms with Gasteiger partial charge in [0, 0.05) is 16.0 Å². The normalized spacial score (nSPS) is 12.9. The molecule has 0 aliphatic carbocycles. The zero-order chi connectivity index (χ0) is 15.6. The maximum absolute atomic E-state index is 6.44. The highest BCUT2D eigenvalue weighted by atomic mass is 79.9. The quantitative estimate of drug-likeness (QED) is 0.778. The summed E-state index contributed by atoms with van der Waals surface area (Å²) < 4.78 is 3.75.